The summed E-state index contributed by atoms with van der Waals surface area (Å²) in [6.07, 6.45) is 0. The number of rotatable bonds is 2. The monoisotopic (exact) mass is 265 g/mol. The van der Waals surface area contributed by atoms with Crippen LogP contribution in [0.4, 0.5) is 17.1 Å². The number of hydrogen-bond donors (Lipinski definition) is 1. The van der Waals surface area contributed by atoms with Crippen LogP contribution in [0.1, 0.15) is 22.3 Å². The maximum atomic E-state index is 9.04. The lowest BCUT2D eigenvalue weighted by atomic mass is 10.0. The standard InChI is InChI=1S/C17H19N3/c1-11-7-12(2)17(13(3)8-11)20(4)16-9-14(10-18)5-6-15(16)19/h5-9H,19H2,1-4H3. The first-order valence-electron chi connectivity index (χ1n) is 6.55. The summed E-state index contributed by atoms with van der Waals surface area (Å²) in [6.45, 7) is 6.28. The van der Waals surface area contributed by atoms with Gasteiger partial charge in [0.05, 0.1) is 23.0 Å². The van der Waals surface area contributed by atoms with Crippen molar-refractivity contribution in [3.05, 3.63) is 52.6 Å². The van der Waals surface area contributed by atoms with Gasteiger partial charge in [0.25, 0.3) is 0 Å². The third-order valence-corrected chi connectivity index (χ3v) is 3.49. The molecule has 2 rings (SSSR count). The van der Waals surface area contributed by atoms with Gasteiger partial charge in [-0.3, -0.25) is 0 Å². The molecule has 2 N–H and O–H groups in total. The molecule has 0 aliphatic rings. The molecule has 0 amide bonds. The molecule has 20 heavy (non-hydrogen) atoms. The molecule has 3 nitrogen and oxygen atoms in total. The molecular formula is C17H19N3. The highest BCUT2D eigenvalue weighted by atomic mass is 15.1. The van der Waals surface area contributed by atoms with Crippen LogP contribution in [0.3, 0.4) is 0 Å². The molecule has 0 aromatic heterocycles. The Morgan fingerprint density at radius 2 is 1.65 bits per heavy atom. The minimum Gasteiger partial charge on any atom is -0.397 e. The quantitative estimate of drug-likeness (QED) is 0.839. The van der Waals surface area contributed by atoms with E-state index in [1.165, 1.54) is 16.7 Å². The Hall–Kier alpha value is -2.47. The summed E-state index contributed by atoms with van der Waals surface area (Å²) in [5.41, 5.74) is 13.0. The van der Waals surface area contributed by atoms with Gasteiger partial charge in [0.15, 0.2) is 0 Å². The molecule has 0 aliphatic carbocycles. The molecule has 0 spiro atoms. The Morgan fingerprint density at radius 3 is 2.20 bits per heavy atom. The molecule has 2 aromatic rings. The first-order valence-corrected chi connectivity index (χ1v) is 6.55. The summed E-state index contributed by atoms with van der Waals surface area (Å²) < 4.78 is 0. The van der Waals surface area contributed by atoms with Crippen LogP contribution in [0.25, 0.3) is 0 Å². The zero-order chi connectivity index (χ0) is 14.9. The largest absolute Gasteiger partial charge is 0.397 e. The van der Waals surface area contributed by atoms with Gasteiger partial charge < -0.3 is 10.6 Å². The lowest BCUT2D eigenvalue weighted by molar-refractivity contribution is 1.15. The van der Waals surface area contributed by atoms with E-state index in [4.69, 9.17) is 11.0 Å². The highest BCUT2D eigenvalue weighted by Gasteiger charge is 2.13. The average Bonchev–Trinajstić information content (AvgIpc) is 2.37. The molecule has 0 unspecified atom stereocenters. The topological polar surface area (TPSA) is 53.0 Å². The Morgan fingerprint density at radius 1 is 1.05 bits per heavy atom. The van der Waals surface area contributed by atoms with Crippen LogP contribution in [-0.4, -0.2) is 7.05 Å². The summed E-state index contributed by atoms with van der Waals surface area (Å²) in [5.74, 6) is 0. The summed E-state index contributed by atoms with van der Waals surface area (Å²) in [4.78, 5) is 2.06. The SMILES string of the molecule is Cc1cc(C)c(N(C)c2cc(C#N)ccc2N)c(C)c1. The molecule has 0 atom stereocenters. The number of nitrogen functional groups attached to an aromatic ring is 1. The van der Waals surface area contributed by atoms with Crippen molar-refractivity contribution in [3.8, 4) is 6.07 Å². The van der Waals surface area contributed by atoms with Crippen LogP contribution in [0, 0.1) is 32.1 Å². The van der Waals surface area contributed by atoms with Crippen LogP contribution in [0.5, 0.6) is 0 Å². The first-order chi connectivity index (χ1) is 9.43. The van der Waals surface area contributed by atoms with Crippen molar-refractivity contribution < 1.29 is 0 Å². The van der Waals surface area contributed by atoms with E-state index in [-0.39, 0.29) is 0 Å². The van der Waals surface area contributed by atoms with Gasteiger partial charge in [-0.1, -0.05) is 17.7 Å². The Balaban J connectivity index is 2.58. The first kappa shape index (κ1) is 14.0. The number of nitrogens with zero attached hydrogens (tertiary/aromatic N) is 2. The molecule has 3 heteroatoms. The summed E-state index contributed by atoms with van der Waals surface area (Å²) in [5, 5.41) is 9.04. The van der Waals surface area contributed by atoms with Gasteiger partial charge in [-0.2, -0.15) is 5.26 Å². The van der Waals surface area contributed by atoms with Gasteiger partial charge in [0, 0.05) is 12.7 Å². The normalized spacial score (nSPS) is 10.2. The Kier molecular flexibility index (Phi) is 3.67. The third-order valence-electron chi connectivity index (χ3n) is 3.49. The van der Waals surface area contributed by atoms with Gasteiger partial charge in [-0.25, -0.2) is 0 Å². The molecule has 0 aliphatic heterocycles. The van der Waals surface area contributed by atoms with Gasteiger partial charge in [-0.05, 0) is 50.1 Å². The van der Waals surface area contributed by atoms with Gasteiger partial charge in [-0.15, -0.1) is 0 Å². The fourth-order valence-electron chi connectivity index (χ4n) is 2.73. The molecule has 0 bridgehead atoms. The maximum Gasteiger partial charge on any atom is 0.0992 e. The number of hydrogen-bond acceptors (Lipinski definition) is 3. The average molecular weight is 265 g/mol. The second-order valence-corrected chi connectivity index (χ2v) is 5.19. The zero-order valence-corrected chi connectivity index (χ0v) is 12.4. The summed E-state index contributed by atoms with van der Waals surface area (Å²) >= 11 is 0. The third kappa shape index (κ3) is 2.46. The van der Waals surface area contributed by atoms with Crippen molar-refractivity contribution in [1.29, 1.82) is 5.26 Å². The minimum atomic E-state index is 0.614. The van der Waals surface area contributed by atoms with E-state index in [0.29, 0.717) is 11.3 Å². The second kappa shape index (κ2) is 5.26. The molecule has 102 valence electrons. The Bertz CT molecular complexity index is 673. The van der Waals surface area contributed by atoms with Crippen molar-refractivity contribution in [1.82, 2.24) is 0 Å². The van der Waals surface area contributed by atoms with Gasteiger partial charge in [0.1, 0.15) is 0 Å². The number of benzene rings is 2. The highest BCUT2D eigenvalue weighted by Crippen LogP contribution is 2.34. The van der Waals surface area contributed by atoms with Crippen molar-refractivity contribution >= 4 is 17.1 Å². The predicted molar refractivity (Wildman–Crippen MR) is 84.3 cm³/mol. The van der Waals surface area contributed by atoms with E-state index >= 15 is 0 Å². The van der Waals surface area contributed by atoms with Crippen molar-refractivity contribution in [3.63, 3.8) is 0 Å². The van der Waals surface area contributed by atoms with E-state index in [0.717, 1.165) is 11.4 Å². The van der Waals surface area contributed by atoms with E-state index < -0.39 is 0 Å². The fourth-order valence-corrected chi connectivity index (χ4v) is 2.73. The van der Waals surface area contributed by atoms with E-state index in [1.54, 1.807) is 12.1 Å². The highest BCUT2D eigenvalue weighted by molar-refractivity contribution is 5.78. The molecule has 0 fully saturated rings. The number of nitrogens with two attached hydrogens (primary N) is 1. The maximum absolute atomic E-state index is 9.04. The van der Waals surface area contributed by atoms with Crippen LogP contribution in [-0.2, 0) is 0 Å². The fraction of sp³-hybridized carbons (Fsp3) is 0.235. The van der Waals surface area contributed by atoms with Gasteiger partial charge >= 0.3 is 0 Å². The van der Waals surface area contributed by atoms with Crippen LogP contribution < -0.4 is 10.6 Å². The van der Waals surface area contributed by atoms with Crippen LogP contribution in [0.2, 0.25) is 0 Å². The molecule has 0 radical (unpaired) electrons. The molecule has 0 saturated carbocycles. The smallest absolute Gasteiger partial charge is 0.0992 e. The summed E-state index contributed by atoms with van der Waals surface area (Å²) in [6, 6.07) is 11.8. The minimum absolute atomic E-state index is 0.614. The number of nitriles is 1. The van der Waals surface area contributed by atoms with Crippen molar-refractivity contribution in [2.75, 3.05) is 17.7 Å². The second-order valence-electron chi connectivity index (χ2n) is 5.19. The summed E-state index contributed by atoms with van der Waals surface area (Å²) in [7, 11) is 1.98. The molecular weight excluding hydrogens is 246 g/mol. The number of anilines is 3. The predicted octanol–water partition coefficient (Wildman–Crippen LogP) is 3.83. The van der Waals surface area contributed by atoms with Crippen LogP contribution >= 0.6 is 0 Å². The van der Waals surface area contributed by atoms with Crippen molar-refractivity contribution in [2.45, 2.75) is 20.8 Å². The molecule has 0 saturated heterocycles. The van der Waals surface area contributed by atoms with Gasteiger partial charge in [0.2, 0.25) is 0 Å². The van der Waals surface area contributed by atoms with E-state index in [9.17, 15) is 0 Å². The lowest BCUT2D eigenvalue weighted by Gasteiger charge is -2.25. The number of aryl methyl sites for hydroxylation is 3. The van der Waals surface area contributed by atoms with Crippen molar-refractivity contribution in [2.24, 2.45) is 0 Å². The lowest BCUT2D eigenvalue weighted by Crippen LogP contribution is -2.14. The zero-order valence-electron chi connectivity index (χ0n) is 12.4. The Labute approximate surface area is 120 Å². The molecule has 2 aromatic carbocycles. The molecule has 0 heterocycles. The van der Waals surface area contributed by atoms with Crippen LogP contribution in [0.15, 0.2) is 30.3 Å². The van der Waals surface area contributed by atoms with E-state index in [2.05, 4.69) is 43.9 Å². The van der Waals surface area contributed by atoms with E-state index in [1.807, 2.05) is 13.1 Å².